The van der Waals surface area contributed by atoms with Crippen molar-refractivity contribution in [2.45, 2.75) is 13.1 Å². The summed E-state index contributed by atoms with van der Waals surface area (Å²) in [5.74, 6) is 0. The lowest BCUT2D eigenvalue weighted by molar-refractivity contribution is 0.669. The van der Waals surface area contributed by atoms with E-state index in [1.807, 2.05) is 17.4 Å². The molecule has 4 heteroatoms. The van der Waals surface area contributed by atoms with Gasteiger partial charge in [0.1, 0.15) is 13.7 Å². The molecule has 1 aliphatic rings. The molecule has 0 atom stereocenters. The van der Waals surface area contributed by atoms with E-state index in [1.54, 1.807) is 0 Å². The van der Waals surface area contributed by atoms with Crippen LogP contribution in [0.2, 0.25) is 13.1 Å². The van der Waals surface area contributed by atoms with Gasteiger partial charge in [-0.3, -0.25) is 0 Å². The number of anilines is 3. The van der Waals surface area contributed by atoms with Crippen LogP contribution in [-0.2, 0) is 0 Å². The van der Waals surface area contributed by atoms with E-state index in [2.05, 4.69) is 164 Å². The highest BCUT2D eigenvalue weighted by Gasteiger charge is 2.39. The molecular weight excluding hydrogens is 619 g/mol. The summed E-state index contributed by atoms with van der Waals surface area (Å²) in [6, 6.07) is 55.2. The average molecular weight is 650 g/mol. The van der Waals surface area contributed by atoms with E-state index in [1.165, 1.54) is 52.8 Å². The first-order valence-electron chi connectivity index (χ1n) is 16.5. The van der Waals surface area contributed by atoms with Crippen molar-refractivity contribution in [1.29, 1.82) is 0 Å². The molecule has 2 aromatic heterocycles. The monoisotopic (exact) mass is 649 g/mol. The van der Waals surface area contributed by atoms with Gasteiger partial charge >= 0.3 is 0 Å². The minimum Gasteiger partial charge on any atom is -0.454 e. The molecule has 0 saturated heterocycles. The van der Waals surface area contributed by atoms with Gasteiger partial charge in [-0.25, -0.2) is 0 Å². The topological polar surface area (TPSA) is 16.4 Å². The molecule has 0 aliphatic carbocycles. The van der Waals surface area contributed by atoms with E-state index in [0.717, 1.165) is 39.0 Å². The number of fused-ring (bicyclic) bond motifs is 10. The Labute approximate surface area is 284 Å². The second kappa shape index (κ2) is 10.3. The van der Waals surface area contributed by atoms with Crippen LogP contribution in [0.3, 0.4) is 0 Å². The third-order valence-corrected chi connectivity index (χ3v) is 15.0. The molecule has 228 valence electrons. The lowest BCUT2D eigenvalue weighted by atomic mass is 10.0. The van der Waals surface area contributed by atoms with Crippen molar-refractivity contribution < 1.29 is 4.42 Å². The molecule has 1 aliphatic heterocycles. The van der Waals surface area contributed by atoms with Crippen molar-refractivity contribution in [3.63, 3.8) is 0 Å². The summed E-state index contributed by atoms with van der Waals surface area (Å²) in [5, 5.41) is 8.01. The van der Waals surface area contributed by atoms with E-state index in [0.29, 0.717) is 0 Å². The molecule has 0 unspecified atom stereocenters. The van der Waals surface area contributed by atoms with Gasteiger partial charge in [0, 0.05) is 42.3 Å². The molecule has 0 N–H and O–H groups in total. The molecule has 0 saturated carbocycles. The van der Waals surface area contributed by atoms with Crippen LogP contribution in [0.25, 0.3) is 64.4 Å². The van der Waals surface area contributed by atoms with Crippen LogP contribution >= 0.6 is 11.3 Å². The standard InChI is InChI=1S/C44H31NOSSi/c1-48(2)40-26-25-35-33-14-7-9-18-39(33)47-44(35)42(40)36-24-23-31(27-41(36)48)45(30-21-19-29(20-22-30)28-11-4-3-5-12-28)37-16-10-15-34-32-13-6-8-17-38(32)46-43(34)37/h3-27H,1-2H3. The number of thiophene rings is 1. The number of hydrogen-bond acceptors (Lipinski definition) is 3. The van der Waals surface area contributed by atoms with Gasteiger partial charge in [-0.05, 0) is 75.1 Å². The summed E-state index contributed by atoms with van der Waals surface area (Å²) in [7, 11) is -2.00. The van der Waals surface area contributed by atoms with Gasteiger partial charge in [0.2, 0.25) is 0 Å². The summed E-state index contributed by atoms with van der Waals surface area (Å²) >= 11 is 1.94. The fourth-order valence-electron chi connectivity index (χ4n) is 7.90. The second-order valence-corrected chi connectivity index (χ2v) is 18.7. The first-order valence-corrected chi connectivity index (χ1v) is 20.3. The Bertz CT molecular complexity index is 2700. The Morgan fingerprint density at radius 3 is 2.10 bits per heavy atom. The van der Waals surface area contributed by atoms with E-state index < -0.39 is 8.07 Å². The van der Waals surface area contributed by atoms with E-state index in [4.69, 9.17) is 4.42 Å². The molecule has 7 aromatic carbocycles. The van der Waals surface area contributed by atoms with E-state index in [9.17, 15) is 0 Å². The van der Waals surface area contributed by atoms with Gasteiger partial charge in [0.05, 0.1) is 5.69 Å². The van der Waals surface area contributed by atoms with Crippen LogP contribution in [0.5, 0.6) is 0 Å². The number of furan rings is 1. The third kappa shape index (κ3) is 3.97. The van der Waals surface area contributed by atoms with Gasteiger partial charge in [-0.2, -0.15) is 0 Å². The maximum Gasteiger partial charge on any atom is 0.159 e. The Balaban J connectivity index is 1.19. The van der Waals surface area contributed by atoms with Crippen LogP contribution in [-0.4, -0.2) is 8.07 Å². The second-order valence-electron chi connectivity index (χ2n) is 13.3. The zero-order chi connectivity index (χ0) is 32.0. The minimum absolute atomic E-state index is 0.901. The molecule has 0 amide bonds. The summed E-state index contributed by atoms with van der Waals surface area (Å²) in [6.45, 7) is 5.03. The first-order chi connectivity index (χ1) is 23.6. The van der Waals surface area contributed by atoms with Crippen LogP contribution < -0.4 is 15.3 Å². The number of hydrogen-bond donors (Lipinski definition) is 0. The van der Waals surface area contributed by atoms with Crippen LogP contribution in [0.4, 0.5) is 17.1 Å². The Hall–Kier alpha value is -5.42. The van der Waals surface area contributed by atoms with Crippen molar-refractivity contribution in [3.05, 3.63) is 152 Å². The van der Waals surface area contributed by atoms with Crippen LogP contribution in [0.1, 0.15) is 0 Å². The normalized spacial score (nSPS) is 13.4. The van der Waals surface area contributed by atoms with Gasteiger partial charge in [-0.15, -0.1) is 11.3 Å². The molecule has 0 bridgehead atoms. The number of rotatable bonds is 4. The van der Waals surface area contributed by atoms with Crippen molar-refractivity contribution in [1.82, 2.24) is 0 Å². The maximum absolute atomic E-state index is 6.63. The summed E-state index contributed by atoms with van der Waals surface area (Å²) in [6.07, 6.45) is 0. The molecular formula is C44H31NOSSi. The minimum atomic E-state index is -2.00. The van der Waals surface area contributed by atoms with Crippen molar-refractivity contribution in [3.8, 4) is 22.3 Å². The Morgan fingerprint density at radius 2 is 1.25 bits per heavy atom. The highest BCUT2D eigenvalue weighted by atomic mass is 32.1. The van der Waals surface area contributed by atoms with Gasteiger partial charge < -0.3 is 9.32 Å². The van der Waals surface area contributed by atoms with Gasteiger partial charge in [-0.1, -0.05) is 122 Å². The lowest BCUT2D eigenvalue weighted by Crippen LogP contribution is -2.49. The van der Waals surface area contributed by atoms with Gasteiger partial charge in [0.25, 0.3) is 0 Å². The Kier molecular flexibility index (Phi) is 5.93. The zero-order valence-electron chi connectivity index (χ0n) is 26.7. The molecule has 48 heavy (non-hydrogen) atoms. The summed E-state index contributed by atoms with van der Waals surface area (Å²) < 4.78 is 9.40. The SMILES string of the molecule is C[Si]1(C)c2cc(N(c3ccc(-c4ccccc4)cc3)c3cccc4c3oc3ccccc34)ccc2-c2c1ccc1c2sc2ccccc21. The predicted octanol–water partition coefficient (Wildman–Crippen LogP) is 11.9. The van der Waals surface area contributed by atoms with E-state index in [-0.39, 0.29) is 0 Å². The van der Waals surface area contributed by atoms with Crippen LogP contribution in [0.15, 0.2) is 156 Å². The van der Waals surface area contributed by atoms with Crippen molar-refractivity contribution >= 4 is 89.0 Å². The molecule has 2 nitrogen and oxygen atoms in total. The molecule has 10 rings (SSSR count). The zero-order valence-corrected chi connectivity index (χ0v) is 28.5. The predicted molar refractivity (Wildman–Crippen MR) is 209 cm³/mol. The fraction of sp³-hybridized carbons (Fsp3) is 0.0455. The molecule has 0 fully saturated rings. The highest BCUT2D eigenvalue weighted by Crippen LogP contribution is 2.45. The maximum atomic E-state index is 6.63. The summed E-state index contributed by atoms with van der Waals surface area (Å²) in [4.78, 5) is 2.39. The molecule has 3 heterocycles. The molecule has 0 spiro atoms. The molecule has 9 aromatic rings. The number of nitrogens with zero attached hydrogens (tertiary/aromatic N) is 1. The quantitative estimate of drug-likeness (QED) is 0.176. The third-order valence-electron chi connectivity index (χ3n) is 10.3. The van der Waals surface area contributed by atoms with E-state index >= 15 is 0 Å². The average Bonchev–Trinajstić information content (AvgIpc) is 3.77. The smallest absolute Gasteiger partial charge is 0.159 e. The largest absolute Gasteiger partial charge is 0.454 e. The van der Waals surface area contributed by atoms with Crippen LogP contribution in [0, 0.1) is 0 Å². The van der Waals surface area contributed by atoms with Crippen molar-refractivity contribution in [2.75, 3.05) is 4.90 Å². The van der Waals surface area contributed by atoms with Gasteiger partial charge in [0.15, 0.2) is 5.58 Å². The van der Waals surface area contributed by atoms with Crippen molar-refractivity contribution in [2.24, 2.45) is 0 Å². The number of para-hydroxylation sites is 2. The fourth-order valence-corrected chi connectivity index (χ4v) is 12.3. The highest BCUT2D eigenvalue weighted by molar-refractivity contribution is 7.26. The first kappa shape index (κ1) is 27.7. The lowest BCUT2D eigenvalue weighted by Gasteiger charge is -2.27. The Morgan fingerprint density at radius 1 is 0.542 bits per heavy atom. The molecule has 0 radical (unpaired) electrons. The summed E-state index contributed by atoms with van der Waals surface area (Å²) in [5.41, 5.74) is 10.4. The number of benzene rings is 7.